The Morgan fingerprint density at radius 1 is 0.963 bits per heavy atom. The Morgan fingerprint density at radius 2 is 1.70 bits per heavy atom. The fourth-order valence-corrected chi connectivity index (χ4v) is 3.52. The van der Waals surface area contributed by atoms with Crippen LogP contribution in [0.25, 0.3) is 11.1 Å². The molecule has 27 heavy (non-hydrogen) atoms. The maximum Gasteiger partial charge on any atom is 0.229 e. The molecule has 0 aliphatic carbocycles. The van der Waals surface area contributed by atoms with Crippen LogP contribution in [-0.2, 0) is 4.79 Å². The van der Waals surface area contributed by atoms with Crippen LogP contribution in [0.2, 0.25) is 0 Å². The predicted molar refractivity (Wildman–Crippen MR) is 107 cm³/mol. The van der Waals surface area contributed by atoms with Crippen molar-refractivity contribution in [3.8, 4) is 11.1 Å². The third-order valence-electron chi connectivity index (χ3n) is 4.90. The summed E-state index contributed by atoms with van der Waals surface area (Å²) in [6.07, 6.45) is 5.31. The van der Waals surface area contributed by atoms with E-state index in [2.05, 4.69) is 32.3 Å². The smallest absolute Gasteiger partial charge is 0.229 e. The second-order valence-electron chi connectivity index (χ2n) is 6.73. The van der Waals surface area contributed by atoms with Gasteiger partial charge in [0.05, 0.1) is 5.92 Å². The highest BCUT2D eigenvalue weighted by Gasteiger charge is 2.27. The van der Waals surface area contributed by atoms with Gasteiger partial charge < -0.3 is 10.2 Å². The summed E-state index contributed by atoms with van der Waals surface area (Å²) in [6.45, 7) is 1.53. The number of rotatable bonds is 4. The molecule has 1 fully saturated rings. The highest BCUT2D eigenvalue weighted by Crippen LogP contribution is 2.29. The molecule has 2 aromatic carbocycles. The van der Waals surface area contributed by atoms with Gasteiger partial charge in [0, 0.05) is 36.7 Å². The van der Waals surface area contributed by atoms with Crippen LogP contribution in [0.1, 0.15) is 12.8 Å². The molecule has 1 atom stereocenters. The van der Waals surface area contributed by atoms with Gasteiger partial charge in [-0.15, -0.1) is 0 Å². The maximum atomic E-state index is 12.9. The number of amides is 1. The van der Waals surface area contributed by atoms with E-state index < -0.39 is 0 Å². The Bertz CT molecular complexity index is 898. The number of piperidine rings is 1. The van der Waals surface area contributed by atoms with Gasteiger partial charge >= 0.3 is 0 Å². The zero-order chi connectivity index (χ0) is 18.5. The number of hydrogen-bond acceptors (Lipinski definition) is 4. The van der Waals surface area contributed by atoms with E-state index >= 15 is 0 Å². The van der Waals surface area contributed by atoms with Crippen LogP contribution in [0.3, 0.4) is 0 Å². The molecule has 0 spiro atoms. The number of hydrogen-bond donors (Lipinski definition) is 1. The molecule has 3 aromatic rings. The van der Waals surface area contributed by atoms with E-state index in [9.17, 15) is 4.79 Å². The standard InChI is InChI=1S/C22H22N4O/c27-21(18-10-6-15-26(16-18)22-23-13-7-14-24-22)25-20-12-5-4-11-19(20)17-8-2-1-3-9-17/h1-5,7-9,11-14,18H,6,10,15-16H2,(H,25,27)/t18-/m1/s1. The zero-order valence-corrected chi connectivity index (χ0v) is 15.1. The first-order valence-electron chi connectivity index (χ1n) is 9.28. The molecule has 0 unspecified atom stereocenters. The third kappa shape index (κ3) is 3.97. The Kier molecular flexibility index (Phi) is 5.10. The summed E-state index contributed by atoms with van der Waals surface area (Å²) in [5, 5.41) is 3.14. The van der Waals surface area contributed by atoms with Gasteiger partial charge in [-0.3, -0.25) is 4.79 Å². The fourth-order valence-electron chi connectivity index (χ4n) is 3.52. The Morgan fingerprint density at radius 3 is 2.52 bits per heavy atom. The number of carbonyl (C=O) groups excluding carboxylic acids is 1. The lowest BCUT2D eigenvalue weighted by Gasteiger charge is -2.32. The Balaban J connectivity index is 1.50. The lowest BCUT2D eigenvalue weighted by atomic mass is 9.96. The van der Waals surface area contributed by atoms with Crippen LogP contribution in [0.15, 0.2) is 73.1 Å². The second kappa shape index (κ2) is 7.99. The molecule has 2 heterocycles. The molecule has 1 aromatic heterocycles. The van der Waals surface area contributed by atoms with Crippen LogP contribution < -0.4 is 10.2 Å². The van der Waals surface area contributed by atoms with Crippen molar-refractivity contribution in [1.29, 1.82) is 0 Å². The topological polar surface area (TPSA) is 58.1 Å². The average molecular weight is 358 g/mol. The number of aromatic nitrogens is 2. The van der Waals surface area contributed by atoms with Crippen molar-refractivity contribution in [2.24, 2.45) is 5.92 Å². The van der Waals surface area contributed by atoms with E-state index in [-0.39, 0.29) is 11.8 Å². The molecular formula is C22H22N4O. The highest BCUT2D eigenvalue weighted by atomic mass is 16.1. The summed E-state index contributed by atoms with van der Waals surface area (Å²) in [7, 11) is 0. The van der Waals surface area contributed by atoms with Crippen LogP contribution in [0, 0.1) is 5.92 Å². The second-order valence-corrected chi connectivity index (χ2v) is 6.73. The molecule has 1 aliphatic heterocycles. The van der Waals surface area contributed by atoms with E-state index in [4.69, 9.17) is 0 Å². The summed E-state index contributed by atoms with van der Waals surface area (Å²) in [4.78, 5) is 23.7. The van der Waals surface area contributed by atoms with Gasteiger partial charge in [0.1, 0.15) is 0 Å². The van der Waals surface area contributed by atoms with Gasteiger partial charge in [-0.2, -0.15) is 0 Å². The largest absolute Gasteiger partial charge is 0.340 e. The monoisotopic (exact) mass is 358 g/mol. The van der Waals surface area contributed by atoms with Crippen LogP contribution in [0.5, 0.6) is 0 Å². The molecular weight excluding hydrogens is 336 g/mol. The first-order valence-corrected chi connectivity index (χ1v) is 9.28. The van der Waals surface area contributed by atoms with E-state index in [0.717, 1.165) is 36.2 Å². The number of carbonyl (C=O) groups is 1. The molecule has 5 heteroatoms. The van der Waals surface area contributed by atoms with Gasteiger partial charge in [0.2, 0.25) is 11.9 Å². The van der Waals surface area contributed by atoms with Crippen LogP contribution in [-0.4, -0.2) is 29.0 Å². The predicted octanol–water partition coefficient (Wildman–Crippen LogP) is 4.00. The molecule has 0 bridgehead atoms. The normalized spacial score (nSPS) is 16.7. The molecule has 1 aliphatic rings. The van der Waals surface area contributed by atoms with Crippen molar-refractivity contribution in [2.75, 3.05) is 23.3 Å². The number of benzene rings is 2. The SMILES string of the molecule is O=C(Nc1ccccc1-c1ccccc1)[C@@H]1CCCN(c2ncccn2)C1. The molecule has 1 amide bonds. The van der Waals surface area contributed by atoms with Gasteiger partial charge in [-0.25, -0.2) is 9.97 Å². The van der Waals surface area contributed by atoms with Crippen molar-refractivity contribution in [3.63, 3.8) is 0 Å². The summed E-state index contributed by atoms with van der Waals surface area (Å²) < 4.78 is 0. The highest BCUT2D eigenvalue weighted by molar-refractivity contribution is 5.97. The van der Waals surface area contributed by atoms with E-state index in [1.54, 1.807) is 18.5 Å². The zero-order valence-electron chi connectivity index (χ0n) is 15.1. The first kappa shape index (κ1) is 17.2. The third-order valence-corrected chi connectivity index (χ3v) is 4.90. The molecule has 0 radical (unpaired) electrons. The lowest BCUT2D eigenvalue weighted by molar-refractivity contribution is -0.120. The Hall–Kier alpha value is -3.21. The minimum absolute atomic E-state index is 0.0546. The van der Waals surface area contributed by atoms with Gasteiger partial charge in [0.25, 0.3) is 0 Å². The fraction of sp³-hybridized carbons (Fsp3) is 0.227. The van der Waals surface area contributed by atoms with Crippen molar-refractivity contribution in [2.45, 2.75) is 12.8 Å². The average Bonchev–Trinajstić information content (AvgIpc) is 2.75. The molecule has 5 nitrogen and oxygen atoms in total. The van der Waals surface area contributed by atoms with Crippen LogP contribution in [0.4, 0.5) is 11.6 Å². The summed E-state index contributed by atoms with van der Waals surface area (Å²) in [5.74, 6) is 0.671. The molecule has 136 valence electrons. The van der Waals surface area contributed by atoms with Crippen molar-refractivity contribution < 1.29 is 4.79 Å². The van der Waals surface area contributed by atoms with Gasteiger partial charge in [0.15, 0.2) is 0 Å². The minimum atomic E-state index is -0.0774. The quantitative estimate of drug-likeness (QED) is 0.766. The van der Waals surface area contributed by atoms with E-state index in [1.807, 2.05) is 42.5 Å². The number of nitrogens with zero attached hydrogens (tertiary/aromatic N) is 3. The number of para-hydroxylation sites is 1. The van der Waals surface area contributed by atoms with Crippen molar-refractivity contribution in [3.05, 3.63) is 73.1 Å². The summed E-state index contributed by atoms with van der Waals surface area (Å²) in [5.41, 5.74) is 2.98. The van der Waals surface area contributed by atoms with Crippen molar-refractivity contribution >= 4 is 17.5 Å². The molecule has 1 saturated heterocycles. The van der Waals surface area contributed by atoms with Gasteiger partial charge in [-0.05, 0) is 30.5 Å². The molecule has 0 saturated carbocycles. The Labute approximate surface area is 159 Å². The van der Waals surface area contributed by atoms with E-state index in [1.165, 1.54) is 0 Å². The minimum Gasteiger partial charge on any atom is -0.340 e. The van der Waals surface area contributed by atoms with E-state index in [0.29, 0.717) is 12.5 Å². The van der Waals surface area contributed by atoms with Gasteiger partial charge in [-0.1, -0.05) is 48.5 Å². The number of nitrogens with one attached hydrogen (secondary N) is 1. The van der Waals surface area contributed by atoms with Crippen molar-refractivity contribution in [1.82, 2.24) is 9.97 Å². The number of anilines is 2. The molecule has 4 rings (SSSR count). The van der Waals surface area contributed by atoms with Crippen LogP contribution >= 0.6 is 0 Å². The summed E-state index contributed by atoms with van der Waals surface area (Å²) >= 11 is 0. The molecule has 1 N–H and O–H groups in total. The first-order chi connectivity index (χ1) is 13.3. The summed E-state index contributed by atoms with van der Waals surface area (Å²) in [6, 6.07) is 19.9. The lowest BCUT2D eigenvalue weighted by Crippen LogP contribution is -2.41. The maximum absolute atomic E-state index is 12.9.